The van der Waals surface area contributed by atoms with Gasteiger partial charge in [0.25, 0.3) is 5.91 Å². The predicted molar refractivity (Wildman–Crippen MR) is 106 cm³/mol. The summed E-state index contributed by atoms with van der Waals surface area (Å²) in [6.07, 6.45) is -0.693. The van der Waals surface area contributed by atoms with Crippen LogP contribution in [0.5, 0.6) is 0 Å². The molecule has 1 aliphatic heterocycles. The minimum Gasteiger partial charge on any atom is -0.465 e. The van der Waals surface area contributed by atoms with Crippen LogP contribution >= 0.6 is 0 Å². The number of anilines is 1. The first-order valence-corrected chi connectivity index (χ1v) is 8.96. The summed E-state index contributed by atoms with van der Waals surface area (Å²) in [6, 6.07) is 16.8. The molecule has 4 rings (SSSR count). The van der Waals surface area contributed by atoms with E-state index >= 15 is 0 Å². The van der Waals surface area contributed by atoms with Crippen molar-refractivity contribution in [3.05, 3.63) is 77.6 Å². The zero-order valence-corrected chi connectivity index (χ0v) is 15.5. The van der Waals surface area contributed by atoms with Gasteiger partial charge in [-0.15, -0.1) is 0 Å². The lowest BCUT2D eigenvalue weighted by Gasteiger charge is -2.14. The number of fused-ring (bicyclic) bond motifs is 1. The van der Waals surface area contributed by atoms with Crippen LogP contribution in [0.2, 0.25) is 0 Å². The van der Waals surface area contributed by atoms with Gasteiger partial charge >= 0.3 is 5.97 Å². The number of hydrogen-bond donors (Lipinski definition) is 1. The molecular weight excluding hydrogens is 375 g/mol. The van der Waals surface area contributed by atoms with Gasteiger partial charge in [-0.2, -0.15) is 0 Å². The minimum absolute atomic E-state index is 0.191. The van der Waals surface area contributed by atoms with E-state index in [9.17, 15) is 14.0 Å². The van der Waals surface area contributed by atoms with E-state index in [4.69, 9.17) is 9.57 Å². The predicted octanol–water partition coefficient (Wildman–Crippen LogP) is 3.90. The summed E-state index contributed by atoms with van der Waals surface area (Å²) >= 11 is 0. The second-order valence-electron chi connectivity index (χ2n) is 6.57. The van der Waals surface area contributed by atoms with Gasteiger partial charge in [0.05, 0.1) is 24.1 Å². The van der Waals surface area contributed by atoms with Crippen LogP contribution in [-0.4, -0.2) is 30.8 Å². The number of nitrogens with one attached hydrogen (secondary N) is 1. The van der Waals surface area contributed by atoms with Gasteiger partial charge < -0.3 is 14.9 Å². The molecule has 6 nitrogen and oxygen atoms in total. The number of rotatable bonds is 4. The van der Waals surface area contributed by atoms with Crippen molar-refractivity contribution in [1.29, 1.82) is 0 Å². The molecule has 0 fully saturated rings. The molecule has 1 unspecified atom stereocenters. The summed E-state index contributed by atoms with van der Waals surface area (Å²) in [5.74, 6) is -1.41. The fourth-order valence-corrected chi connectivity index (χ4v) is 3.19. The molecule has 0 bridgehead atoms. The third-order valence-corrected chi connectivity index (χ3v) is 4.67. The number of benzene rings is 3. The summed E-state index contributed by atoms with van der Waals surface area (Å²) in [5.41, 5.74) is 1.60. The van der Waals surface area contributed by atoms with E-state index in [-0.39, 0.29) is 12.0 Å². The highest BCUT2D eigenvalue weighted by Gasteiger charge is 2.30. The summed E-state index contributed by atoms with van der Waals surface area (Å²) in [6.45, 7) is 0. The Labute approximate surface area is 165 Å². The average Bonchev–Trinajstić information content (AvgIpc) is 3.23. The van der Waals surface area contributed by atoms with Crippen LogP contribution in [-0.2, 0) is 14.4 Å². The van der Waals surface area contributed by atoms with Gasteiger partial charge in [0.1, 0.15) is 5.82 Å². The number of hydrogen-bond acceptors (Lipinski definition) is 5. The lowest BCUT2D eigenvalue weighted by molar-refractivity contribution is -0.125. The molecule has 0 spiro atoms. The highest BCUT2D eigenvalue weighted by Crippen LogP contribution is 2.26. The molecule has 1 aliphatic rings. The molecule has 0 aromatic heterocycles. The van der Waals surface area contributed by atoms with E-state index in [1.807, 2.05) is 24.3 Å². The quantitative estimate of drug-likeness (QED) is 0.684. The topological polar surface area (TPSA) is 77.0 Å². The second kappa shape index (κ2) is 7.71. The molecule has 3 aromatic rings. The van der Waals surface area contributed by atoms with E-state index in [1.54, 1.807) is 24.3 Å². The monoisotopic (exact) mass is 392 g/mol. The van der Waals surface area contributed by atoms with Crippen molar-refractivity contribution in [2.45, 2.75) is 12.5 Å². The molecule has 0 saturated carbocycles. The third-order valence-electron chi connectivity index (χ3n) is 4.67. The normalized spacial score (nSPS) is 15.5. The fourth-order valence-electron chi connectivity index (χ4n) is 3.19. The molecule has 0 radical (unpaired) electrons. The van der Waals surface area contributed by atoms with Gasteiger partial charge in [-0.05, 0) is 35.0 Å². The number of esters is 1. The van der Waals surface area contributed by atoms with Crippen LogP contribution in [0.1, 0.15) is 22.3 Å². The van der Waals surface area contributed by atoms with Gasteiger partial charge in [-0.3, -0.25) is 4.79 Å². The van der Waals surface area contributed by atoms with E-state index < -0.39 is 23.8 Å². The lowest BCUT2D eigenvalue weighted by atomic mass is 10.0. The van der Waals surface area contributed by atoms with Crippen LogP contribution in [0.4, 0.5) is 10.1 Å². The van der Waals surface area contributed by atoms with Crippen LogP contribution < -0.4 is 5.32 Å². The number of nitrogens with zero attached hydrogens (tertiary/aromatic N) is 1. The Bertz CT molecular complexity index is 1140. The number of oxime groups is 1. The van der Waals surface area contributed by atoms with Crippen LogP contribution in [0.3, 0.4) is 0 Å². The Kier molecular flexibility index (Phi) is 4.95. The van der Waals surface area contributed by atoms with Crippen molar-refractivity contribution in [3.8, 4) is 0 Å². The summed E-state index contributed by atoms with van der Waals surface area (Å²) in [7, 11) is 1.28. The molecule has 146 valence electrons. The molecule has 0 aliphatic carbocycles. The van der Waals surface area contributed by atoms with Crippen molar-refractivity contribution < 1.29 is 23.6 Å². The van der Waals surface area contributed by atoms with Crippen LogP contribution in [0.15, 0.2) is 65.8 Å². The van der Waals surface area contributed by atoms with Gasteiger partial charge in [0, 0.05) is 12.0 Å². The second-order valence-corrected chi connectivity index (χ2v) is 6.57. The zero-order valence-electron chi connectivity index (χ0n) is 15.5. The number of carbonyl (C=O) groups is 2. The van der Waals surface area contributed by atoms with E-state index in [1.165, 1.54) is 19.2 Å². The first-order chi connectivity index (χ1) is 14.0. The Morgan fingerprint density at radius 2 is 1.86 bits per heavy atom. The maximum absolute atomic E-state index is 13.4. The molecule has 3 aromatic carbocycles. The third kappa shape index (κ3) is 3.80. The van der Waals surface area contributed by atoms with Crippen LogP contribution in [0, 0.1) is 5.82 Å². The lowest BCUT2D eigenvalue weighted by Crippen LogP contribution is -2.28. The van der Waals surface area contributed by atoms with Gasteiger partial charge in [-0.25, -0.2) is 9.18 Å². The number of carbonyl (C=O) groups excluding carboxylic acids is 2. The number of halogens is 1. The Morgan fingerprint density at radius 3 is 2.59 bits per heavy atom. The first-order valence-electron chi connectivity index (χ1n) is 8.96. The van der Waals surface area contributed by atoms with Crippen molar-refractivity contribution in [2.75, 3.05) is 12.4 Å². The van der Waals surface area contributed by atoms with E-state index in [0.29, 0.717) is 17.0 Å². The molecular formula is C22H17FN2O4. The average molecular weight is 392 g/mol. The minimum atomic E-state index is -0.884. The maximum atomic E-state index is 13.4. The Balaban J connectivity index is 1.56. The number of ether oxygens (including phenoxy) is 1. The van der Waals surface area contributed by atoms with E-state index in [0.717, 1.165) is 10.8 Å². The van der Waals surface area contributed by atoms with Crippen molar-refractivity contribution in [2.24, 2.45) is 5.16 Å². The largest absolute Gasteiger partial charge is 0.465 e. The van der Waals surface area contributed by atoms with Crippen molar-refractivity contribution in [1.82, 2.24) is 0 Å². The molecule has 0 saturated heterocycles. The van der Waals surface area contributed by atoms with Gasteiger partial charge in [-0.1, -0.05) is 41.6 Å². The molecule has 1 N–H and O–H groups in total. The molecule has 1 atom stereocenters. The SMILES string of the molecule is COC(=O)c1cc2ccccc2cc1NC(=O)C1CC(c2cccc(F)c2)=NO1. The van der Waals surface area contributed by atoms with Gasteiger partial charge in [0.15, 0.2) is 0 Å². The summed E-state index contributed by atoms with van der Waals surface area (Å²) < 4.78 is 18.3. The summed E-state index contributed by atoms with van der Waals surface area (Å²) in [5, 5.41) is 8.35. The highest BCUT2D eigenvalue weighted by atomic mass is 19.1. The molecule has 1 amide bonds. The van der Waals surface area contributed by atoms with Gasteiger partial charge in [0.2, 0.25) is 6.10 Å². The zero-order chi connectivity index (χ0) is 20.4. The van der Waals surface area contributed by atoms with E-state index in [2.05, 4.69) is 10.5 Å². The standard InChI is InChI=1S/C22H17FN2O4/c1-28-22(27)17-10-13-5-2-3-6-14(13)11-19(17)24-21(26)20-12-18(25-29-20)15-7-4-8-16(23)9-15/h2-11,20H,12H2,1H3,(H,24,26). The first kappa shape index (κ1) is 18.6. The smallest absolute Gasteiger partial charge is 0.339 e. The molecule has 7 heteroatoms. The van der Waals surface area contributed by atoms with Crippen molar-refractivity contribution >= 4 is 34.0 Å². The Hall–Kier alpha value is -3.74. The molecule has 29 heavy (non-hydrogen) atoms. The maximum Gasteiger partial charge on any atom is 0.339 e. The fraction of sp³-hybridized carbons (Fsp3) is 0.136. The Morgan fingerprint density at radius 1 is 1.10 bits per heavy atom. The van der Waals surface area contributed by atoms with Crippen molar-refractivity contribution in [3.63, 3.8) is 0 Å². The number of methoxy groups -OCH3 is 1. The van der Waals surface area contributed by atoms with Crippen LogP contribution in [0.25, 0.3) is 10.8 Å². The number of amides is 1. The summed E-state index contributed by atoms with van der Waals surface area (Å²) in [4.78, 5) is 30.2. The highest BCUT2D eigenvalue weighted by molar-refractivity contribution is 6.09. The molecule has 1 heterocycles.